The van der Waals surface area contributed by atoms with Gasteiger partial charge in [-0.25, -0.2) is 13.4 Å². The quantitative estimate of drug-likeness (QED) is 0.429. The van der Waals surface area contributed by atoms with Crippen LogP contribution >= 0.6 is 0 Å². The van der Waals surface area contributed by atoms with Crippen LogP contribution in [0.1, 0.15) is 11.3 Å². The van der Waals surface area contributed by atoms with Gasteiger partial charge < -0.3 is 8.97 Å². The van der Waals surface area contributed by atoms with E-state index in [0.717, 1.165) is 27.2 Å². The van der Waals surface area contributed by atoms with Gasteiger partial charge in [0.05, 0.1) is 36.3 Å². The van der Waals surface area contributed by atoms with E-state index in [9.17, 15) is 13.2 Å². The van der Waals surface area contributed by atoms with Gasteiger partial charge in [-0.2, -0.15) is 9.19 Å². The maximum atomic E-state index is 13.1. The molecule has 0 atom stereocenters. The second-order valence-corrected chi connectivity index (χ2v) is 9.31. The summed E-state index contributed by atoms with van der Waals surface area (Å²) in [6, 6.07) is 5.76. The fourth-order valence-corrected chi connectivity index (χ4v) is 4.12. The first-order valence-corrected chi connectivity index (χ1v) is 11.3. The summed E-state index contributed by atoms with van der Waals surface area (Å²) in [5.41, 5.74) is 3.72. The van der Waals surface area contributed by atoms with Crippen LogP contribution in [0.3, 0.4) is 0 Å². The summed E-state index contributed by atoms with van der Waals surface area (Å²) in [5, 5.41) is 5.01. The van der Waals surface area contributed by atoms with Gasteiger partial charge in [-0.1, -0.05) is 6.07 Å². The van der Waals surface area contributed by atoms with Crippen molar-refractivity contribution < 1.29 is 8.42 Å². The summed E-state index contributed by atoms with van der Waals surface area (Å²) in [7, 11) is -3.50. The molecule has 0 aromatic carbocycles. The molecule has 5 aromatic heterocycles. The minimum atomic E-state index is -3.50. The van der Waals surface area contributed by atoms with Crippen LogP contribution in [-0.4, -0.2) is 42.8 Å². The average molecular weight is 434 g/mol. The van der Waals surface area contributed by atoms with Crippen LogP contribution in [0.25, 0.3) is 27.5 Å². The fraction of sp³-hybridized carbons (Fsp3) is 0.143. The first-order valence-electron chi connectivity index (χ1n) is 9.46. The molecule has 0 aliphatic heterocycles. The molecule has 0 amide bonds. The maximum Gasteiger partial charge on any atom is 0.260 e. The second-order valence-electron chi connectivity index (χ2n) is 7.47. The molecule has 0 fully saturated rings. The highest BCUT2D eigenvalue weighted by atomic mass is 32.2. The summed E-state index contributed by atoms with van der Waals surface area (Å²) in [6.45, 7) is 2.34. The van der Waals surface area contributed by atoms with E-state index in [-0.39, 0.29) is 5.56 Å². The van der Waals surface area contributed by atoms with Gasteiger partial charge in [-0.15, -0.1) is 0 Å². The monoisotopic (exact) mass is 434 g/mol. The van der Waals surface area contributed by atoms with E-state index in [1.54, 1.807) is 17.0 Å². The second kappa shape index (κ2) is 6.88. The number of fused-ring (bicyclic) bond motifs is 2. The Kier molecular flexibility index (Phi) is 4.26. The highest BCUT2D eigenvalue weighted by Crippen LogP contribution is 2.26. The molecule has 5 heterocycles. The lowest BCUT2D eigenvalue weighted by Gasteiger charge is -2.08. The van der Waals surface area contributed by atoms with Crippen LogP contribution < -0.4 is 5.56 Å². The molecule has 5 rings (SSSR count). The Bertz CT molecular complexity index is 1630. The number of aromatic nitrogens is 6. The largest absolute Gasteiger partial charge is 0.309 e. The summed E-state index contributed by atoms with van der Waals surface area (Å²) in [5.74, 6) is 0. The number of hydrogen-bond donors (Lipinski definition) is 0. The minimum Gasteiger partial charge on any atom is -0.309 e. The van der Waals surface area contributed by atoms with Crippen molar-refractivity contribution in [3.8, 4) is 11.1 Å². The zero-order valence-corrected chi connectivity index (χ0v) is 17.6. The Morgan fingerprint density at radius 1 is 1.00 bits per heavy atom. The van der Waals surface area contributed by atoms with Crippen molar-refractivity contribution in [2.24, 2.45) is 0 Å². The molecule has 0 aliphatic carbocycles. The fourth-order valence-electron chi connectivity index (χ4n) is 3.59. The normalized spacial score (nSPS) is 12.1. The van der Waals surface area contributed by atoms with Gasteiger partial charge in [0.25, 0.3) is 15.6 Å². The van der Waals surface area contributed by atoms with Gasteiger partial charge in [0.2, 0.25) is 0 Å². The molecule has 0 aliphatic rings. The highest BCUT2D eigenvalue weighted by Gasteiger charge is 2.14. The predicted octanol–water partition coefficient (Wildman–Crippen LogP) is 2.07. The smallest absolute Gasteiger partial charge is 0.260 e. The maximum absolute atomic E-state index is 13.1. The Labute approximate surface area is 177 Å². The molecule has 0 unspecified atom stereocenters. The molecule has 0 saturated heterocycles. The molecule has 31 heavy (non-hydrogen) atoms. The Morgan fingerprint density at radius 3 is 2.61 bits per heavy atom. The van der Waals surface area contributed by atoms with E-state index in [0.29, 0.717) is 28.4 Å². The van der Waals surface area contributed by atoms with Crippen LogP contribution in [0.4, 0.5) is 0 Å². The van der Waals surface area contributed by atoms with Crippen LogP contribution in [0.15, 0.2) is 66.4 Å². The van der Waals surface area contributed by atoms with Gasteiger partial charge in [0.15, 0.2) is 0 Å². The highest BCUT2D eigenvalue weighted by molar-refractivity contribution is 7.89. The number of hydrogen-bond acceptors (Lipinski definition) is 6. The van der Waals surface area contributed by atoms with E-state index in [1.807, 2.05) is 41.9 Å². The predicted molar refractivity (Wildman–Crippen MR) is 116 cm³/mol. The van der Waals surface area contributed by atoms with Gasteiger partial charge in [0.1, 0.15) is 5.65 Å². The number of imidazole rings is 1. The number of nitrogens with zero attached hydrogens (tertiary/aromatic N) is 6. The van der Waals surface area contributed by atoms with Crippen LogP contribution in [0.2, 0.25) is 0 Å². The molecule has 0 bridgehead atoms. The average Bonchev–Trinajstić information content (AvgIpc) is 3.36. The molecule has 0 radical (unpaired) electrons. The summed E-state index contributed by atoms with van der Waals surface area (Å²) in [6.07, 6.45) is 12.7. The van der Waals surface area contributed by atoms with Gasteiger partial charge in [-0.3, -0.25) is 9.78 Å². The summed E-state index contributed by atoms with van der Waals surface area (Å²) < 4.78 is 27.9. The first-order chi connectivity index (χ1) is 14.8. The minimum absolute atomic E-state index is 0.199. The number of rotatable bonds is 4. The Morgan fingerprint density at radius 2 is 1.84 bits per heavy atom. The number of aryl methyl sites for hydroxylation is 1. The third-order valence-corrected chi connectivity index (χ3v) is 5.97. The van der Waals surface area contributed by atoms with Gasteiger partial charge >= 0.3 is 0 Å². The van der Waals surface area contributed by atoms with Gasteiger partial charge in [0, 0.05) is 42.1 Å². The third kappa shape index (κ3) is 3.40. The Hall–Kier alpha value is -3.79. The molecule has 156 valence electrons. The van der Waals surface area contributed by atoms with E-state index in [1.165, 1.54) is 18.6 Å². The lowest BCUT2D eigenvalue weighted by atomic mass is 10.1. The van der Waals surface area contributed by atoms with E-state index >= 15 is 0 Å². The topological polar surface area (TPSA) is 104 Å². The third-order valence-electron chi connectivity index (χ3n) is 5.09. The Balaban J connectivity index is 1.57. The molecule has 9 nitrogen and oxygen atoms in total. The molecule has 10 heteroatoms. The van der Waals surface area contributed by atoms with E-state index in [2.05, 4.69) is 15.1 Å². The standard InChI is InChI=1S/C21H18N6O3S/c1-14-3-4-20-24-16(13-26(20)10-14)12-25-6-5-17-18(8-22-9-19(17)21(25)28)15-7-23-27(11-15)31(2,29)30/h3-11,13H,12H2,1-2H3. The lowest BCUT2D eigenvalue weighted by molar-refractivity contribution is 0.586. The zero-order chi connectivity index (χ0) is 21.8. The van der Waals surface area contributed by atoms with Crippen molar-refractivity contribution >= 4 is 26.4 Å². The molecule has 0 N–H and O–H groups in total. The molecule has 5 aromatic rings. The van der Waals surface area contributed by atoms with Gasteiger partial charge in [-0.05, 0) is 30.0 Å². The summed E-state index contributed by atoms with van der Waals surface area (Å²) >= 11 is 0. The van der Waals surface area contributed by atoms with Crippen molar-refractivity contribution in [1.29, 1.82) is 0 Å². The molecular weight excluding hydrogens is 416 g/mol. The molecule has 0 saturated carbocycles. The SMILES string of the molecule is Cc1ccc2nc(Cn3ccc4c(-c5cnn(S(C)(=O)=O)c5)cncc4c3=O)cn2c1. The lowest BCUT2D eigenvalue weighted by Crippen LogP contribution is -2.20. The van der Waals surface area contributed by atoms with E-state index in [4.69, 9.17) is 0 Å². The van der Waals surface area contributed by atoms with Crippen molar-refractivity contribution in [1.82, 2.24) is 28.1 Å². The molecular formula is C21H18N6O3S. The number of pyridine rings is 3. The van der Waals surface area contributed by atoms with Crippen LogP contribution in [0, 0.1) is 6.92 Å². The van der Waals surface area contributed by atoms with Crippen molar-refractivity contribution in [3.05, 3.63) is 83.2 Å². The van der Waals surface area contributed by atoms with Crippen molar-refractivity contribution in [2.45, 2.75) is 13.5 Å². The molecule has 0 spiro atoms. The van der Waals surface area contributed by atoms with Crippen LogP contribution in [0.5, 0.6) is 0 Å². The van der Waals surface area contributed by atoms with Crippen LogP contribution in [-0.2, 0) is 16.6 Å². The first kappa shape index (κ1) is 19.2. The summed E-state index contributed by atoms with van der Waals surface area (Å²) in [4.78, 5) is 21.9. The van der Waals surface area contributed by atoms with Crippen molar-refractivity contribution in [2.75, 3.05) is 6.26 Å². The zero-order valence-electron chi connectivity index (χ0n) is 16.8. The van der Waals surface area contributed by atoms with E-state index < -0.39 is 10.0 Å². The van der Waals surface area contributed by atoms with Crippen molar-refractivity contribution in [3.63, 3.8) is 0 Å².